The summed E-state index contributed by atoms with van der Waals surface area (Å²) in [6.45, 7) is 0. The Morgan fingerprint density at radius 2 is 1.82 bits per heavy atom. The molecule has 0 aromatic heterocycles. The van der Waals surface area contributed by atoms with Crippen LogP contribution in [0.2, 0.25) is 0 Å². The Morgan fingerprint density at radius 1 is 1.12 bits per heavy atom. The second-order valence-electron chi connectivity index (χ2n) is 5.00. The van der Waals surface area contributed by atoms with Crippen molar-refractivity contribution >= 4 is 5.97 Å². The lowest BCUT2D eigenvalue weighted by atomic mass is 9.76. The minimum Gasteiger partial charge on any atom is -0.452 e. The largest absolute Gasteiger partial charge is 0.452 e. The maximum atomic E-state index is 11.2. The molecule has 0 amide bonds. The number of hydrogen-bond donors (Lipinski definition) is 0. The number of carbonyl (C=O) groups is 1. The van der Waals surface area contributed by atoms with Crippen LogP contribution in [0.3, 0.4) is 0 Å². The molecule has 0 N–H and O–H groups in total. The first-order valence-corrected chi connectivity index (χ1v) is 6.25. The summed E-state index contributed by atoms with van der Waals surface area (Å²) in [5.74, 6) is 0.442. The third-order valence-corrected chi connectivity index (χ3v) is 3.93. The van der Waals surface area contributed by atoms with Crippen LogP contribution in [-0.4, -0.2) is 11.6 Å². The Labute approximate surface area is 101 Å². The highest BCUT2D eigenvalue weighted by molar-refractivity contribution is 5.85. The Morgan fingerprint density at radius 3 is 2.41 bits per heavy atom. The molecule has 88 valence electrons. The van der Waals surface area contributed by atoms with Crippen molar-refractivity contribution in [3.63, 3.8) is 0 Å². The van der Waals surface area contributed by atoms with Gasteiger partial charge in [-0.25, -0.2) is 4.79 Å². The van der Waals surface area contributed by atoms with Crippen LogP contribution in [0, 0.1) is 0 Å². The Bertz CT molecular complexity index is 439. The zero-order valence-electron chi connectivity index (χ0n) is 9.76. The Balaban J connectivity index is 1.69. The molecule has 1 heterocycles. The van der Waals surface area contributed by atoms with Gasteiger partial charge >= 0.3 is 5.97 Å². The van der Waals surface area contributed by atoms with Crippen LogP contribution in [-0.2, 0) is 9.53 Å². The van der Waals surface area contributed by atoms with E-state index in [1.165, 1.54) is 5.56 Å². The fourth-order valence-corrected chi connectivity index (χ4v) is 2.92. The lowest BCUT2D eigenvalue weighted by Gasteiger charge is -2.35. The standard InChI is InChI=1S/C15H16O2/c16-14-8-11-15(17-14)9-6-13(7-10-15)12-4-2-1-3-5-12/h1-5,8,11,13H,6-7,9-10H2. The second-order valence-corrected chi connectivity index (χ2v) is 5.00. The Hall–Kier alpha value is -1.57. The number of rotatable bonds is 1. The van der Waals surface area contributed by atoms with Gasteiger partial charge in [-0.1, -0.05) is 30.3 Å². The van der Waals surface area contributed by atoms with E-state index in [9.17, 15) is 4.79 Å². The number of carbonyl (C=O) groups excluding carboxylic acids is 1. The maximum Gasteiger partial charge on any atom is 0.331 e. The molecule has 1 spiro atoms. The fraction of sp³-hybridized carbons (Fsp3) is 0.400. The van der Waals surface area contributed by atoms with Crippen molar-refractivity contribution in [3.05, 3.63) is 48.0 Å². The van der Waals surface area contributed by atoms with Crippen LogP contribution in [0.5, 0.6) is 0 Å². The summed E-state index contributed by atoms with van der Waals surface area (Å²) < 4.78 is 5.42. The average Bonchev–Trinajstić information content (AvgIpc) is 2.73. The van der Waals surface area contributed by atoms with Gasteiger partial charge in [0.15, 0.2) is 0 Å². The van der Waals surface area contributed by atoms with E-state index in [4.69, 9.17) is 4.74 Å². The predicted molar refractivity (Wildman–Crippen MR) is 65.6 cm³/mol. The summed E-state index contributed by atoms with van der Waals surface area (Å²) in [4.78, 5) is 11.2. The van der Waals surface area contributed by atoms with Crippen LogP contribution >= 0.6 is 0 Å². The smallest absolute Gasteiger partial charge is 0.331 e. The molecule has 0 radical (unpaired) electrons. The van der Waals surface area contributed by atoms with E-state index in [2.05, 4.69) is 30.3 Å². The van der Waals surface area contributed by atoms with Gasteiger partial charge in [0, 0.05) is 6.08 Å². The molecule has 2 nitrogen and oxygen atoms in total. The highest BCUT2D eigenvalue weighted by atomic mass is 16.6. The molecule has 3 rings (SSSR count). The third-order valence-electron chi connectivity index (χ3n) is 3.93. The van der Waals surface area contributed by atoms with Crippen molar-refractivity contribution in [2.24, 2.45) is 0 Å². The molecule has 1 aliphatic heterocycles. The first kappa shape index (κ1) is 10.6. The van der Waals surface area contributed by atoms with E-state index in [0.29, 0.717) is 5.92 Å². The summed E-state index contributed by atoms with van der Waals surface area (Å²) in [6.07, 6.45) is 7.63. The normalized spacial score (nSPS) is 31.8. The molecule has 1 aliphatic carbocycles. The molecule has 17 heavy (non-hydrogen) atoms. The van der Waals surface area contributed by atoms with Gasteiger partial charge in [0.1, 0.15) is 5.60 Å². The summed E-state index contributed by atoms with van der Waals surface area (Å²) >= 11 is 0. The molecule has 1 fully saturated rings. The van der Waals surface area contributed by atoms with Crippen molar-refractivity contribution in [2.45, 2.75) is 37.2 Å². The SMILES string of the molecule is O=C1C=CC2(CCC(c3ccccc3)CC2)O1. The summed E-state index contributed by atoms with van der Waals surface area (Å²) in [7, 11) is 0. The van der Waals surface area contributed by atoms with E-state index < -0.39 is 0 Å². The molecule has 1 saturated carbocycles. The van der Waals surface area contributed by atoms with Gasteiger partial charge in [-0.2, -0.15) is 0 Å². The average molecular weight is 228 g/mol. The zero-order chi connectivity index (χ0) is 11.7. The minimum absolute atomic E-state index is 0.178. The van der Waals surface area contributed by atoms with Gasteiger partial charge in [0.05, 0.1) is 0 Å². The number of esters is 1. The van der Waals surface area contributed by atoms with E-state index >= 15 is 0 Å². The van der Waals surface area contributed by atoms with Crippen molar-refractivity contribution in [3.8, 4) is 0 Å². The molecule has 2 aliphatic rings. The van der Waals surface area contributed by atoms with Gasteiger partial charge in [-0.3, -0.25) is 0 Å². The maximum absolute atomic E-state index is 11.2. The highest BCUT2D eigenvalue weighted by Crippen LogP contribution is 2.42. The van der Waals surface area contributed by atoms with Gasteiger partial charge in [0.25, 0.3) is 0 Å². The van der Waals surface area contributed by atoms with Crippen LogP contribution in [0.4, 0.5) is 0 Å². The van der Waals surface area contributed by atoms with Crippen LogP contribution in [0.25, 0.3) is 0 Å². The van der Waals surface area contributed by atoms with Crippen molar-refractivity contribution in [2.75, 3.05) is 0 Å². The number of ether oxygens (including phenoxy) is 1. The molecule has 0 unspecified atom stereocenters. The quantitative estimate of drug-likeness (QED) is 0.690. The van der Waals surface area contributed by atoms with E-state index in [1.54, 1.807) is 6.08 Å². The van der Waals surface area contributed by atoms with Crippen molar-refractivity contribution in [1.29, 1.82) is 0 Å². The highest BCUT2D eigenvalue weighted by Gasteiger charge is 2.39. The minimum atomic E-state index is -0.275. The lowest BCUT2D eigenvalue weighted by Crippen LogP contribution is -2.33. The number of benzene rings is 1. The second kappa shape index (κ2) is 4.02. The van der Waals surface area contributed by atoms with Crippen molar-refractivity contribution in [1.82, 2.24) is 0 Å². The monoisotopic (exact) mass is 228 g/mol. The molecular weight excluding hydrogens is 212 g/mol. The predicted octanol–water partition coefficient (Wildman–Crippen LogP) is 3.20. The van der Waals surface area contributed by atoms with Crippen LogP contribution in [0.1, 0.15) is 37.2 Å². The van der Waals surface area contributed by atoms with Gasteiger partial charge in [0.2, 0.25) is 0 Å². The van der Waals surface area contributed by atoms with Gasteiger partial charge in [-0.05, 0) is 43.2 Å². The molecule has 0 atom stereocenters. The van der Waals surface area contributed by atoms with E-state index in [0.717, 1.165) is 25.7 Å². The molecular formula is C15H16O2. The summed E-state index contributed by atoms with van der Waals surface area (Å²) in [6, 6.07) is 10.6. The van der Waals surface area contributed by atoms with Crippen LogP contribution in [0.15, 0.2) is 42.5 Å². The molecule has 1 aromatic carbocycles. The van der Waals surface area contributed by atoms with Crippen molar-refractivity contribution < 1.29 is 9.53 Å². The first-order valence-electron chi connectivity index (χ1n) is 6.25. The van der Waals surface area contributed by atoms with Gasteiger partial charge in [-0.15, -0.1) is 0 Å². The lowest BCUT2D eigenvalue weighted by molar-refractivity contribution is -0.147. The van der Waals surface area contributed by atoms with E-state index in [-0.39, 0.29) is 11.6 Å². The summed E-state index contributed by atoms with van der Waals surface area (Å²) in [5, 5.41) is 0. The zero-order valence-corrected chi connectivity index (χ0v) is 9.76. The van der Waals surface area contributed by atoms with Gasteiger partial charge < -0.3 is 4.74 Å². The molecule has 0 saturated heterocycles. The third kappa shape index (κ3) is 1.99. The molecule has 1 aromatic rings. The number of hydrogen-bond acceptors (Lipinski definition) is 2. The van der Waals surface area contributed by atoms with Crippen LogP contribution < -0.4 is 0 Å². The van der Waals surface area contributed by atoms with E-state index in [1.807, 2.05) is 6.08 Å². The molecule has 2 heteroatoms. The topological polar surface area (TPSA) is 26.3 Å². The first-order chi connectivity index (χ1) is 8.27. The summed E-state index contributed by atoms with van der Waals surface area (Å²) in [5.41, 5.74) is 1.14. The Kier molecular flexibility index (Phi) is 2.50. The molecule has 0 bridgehead atoms. The fourth-order valence-electron chi connectivity index (χ4n) is 2.92.